The fourth-order valence-electron chi connectivity index (χ4n) is 2.68. The van der Waals surface area contributed by atoms with E-state index in [-0.39, 0.29) is 10.8 Å². The second-order valence-electron chi connectivity index (χ2n) is 4.77. The molecule has 100 valence electrons. The Bertz CT molecular complexity index is 749. The molecule has 0 amide bonds. The Hall–Kier alpha value is -2.12. The van der Waals surface area contributed by atoms with Crippen molar-refractivity contribution in [2.75, 3.05) is 5.73 Å². The number of nitriles is 1. The molecule has 1 aromatic heterocycles. The number of hydrogen-bond donors (Lipinski definition) is 1. The van der Waals surface area contributed by atoms with Crippen LogP contribution in [0.2, 0.25) is 5.02 Å². The molecule has 2 N–H and O–H groups in total. The molecule has 0 unspecified atom stereocenters. The van der Waals surface area contributed by atoms with Crippen LogP contribution in [0.3, 0.4) is 0 Å². The van der Waals surface area contributed by atoms with Crippen LogP contribution in [0, 0.1) is 17.1 Å². The molecule has 0 aliphatic heterocycles. The van der Waals surface area contributed by atoms with Crippen LogP contribution in [-0.2, 0) is 12.8 Å². The third-order valence-electron chi connectivity index (χ3n) is 3.57. The Morgan fingerprint density at radius 1 is 1.35 bits per heavy atom. The van der Waals surface area contributed by atoms with Gasteiger partial charge in [-0.15, -0.1) is 0 Å². The van der Waals surface area contributed by atoms with E-state index < -0.39 is 5.82 Å². The molecule has 1 heterocycles. The molecule has 0 bridgehead atoms. The van der Waals surface area contributed by atoms with Gasteiger partial charge in [-0.25, -0.2) is 9.37 Å². The van der Waals surface area contributed by atoms with Crippen LogP contribution in [-0.4, -0.2) is 4.98 Å². The van der Waals surface area contributed by atoms with Gasteiger partial charge in [0.05, 0.1) is 5.02 Å². The van der Waals surface area contributed by atoms with Gasteiger partial charge in [-0.05, 0) is 42.5 Å². The van der Waals surface area contributed by atoms with Crippen molar-refractivity contribution in [1.82, 2.24) is 4.98 Å². The maximum absolute atomic E-state index is 13.7. The number of anilines is 1. The maximum Gasteiger partial charge on any atom is 0.142 e. The second kappa shape index (κ2) is 4.77. The summed E-state index contributed by atoms with van der Waals surface area (Å²) in [6.45, 7) is 0. The summed E-state index contributed by atoms with van der Waals surface area (Å²) in [6, 6.07) is 6.63. The predicted octanol–water partition coefficient (Wildman–Crippen LogP) is 3.48. The molecule has 0 spiro atoms. The van der Waals surface area contributed by atoms with Crippen LogP contribution >= 0.6 is 11.6 Å². The Balaban J connectivity index is 2.32. The number of hydrogen-bond acceptors (Lipinski definition) is 3. The number of aromatic nitrogens is 1. The van der Waals surface area contributed by atoms with Gasteiger partial charge in [-0.2, -0.15) is 5.26 Å². The molecule has 0 atom stereocenters. The zero-order valence-electron chi connectivity index (χ0n) is 10.6. The Morgan fingerprint density at radius 3 is 2.85 bits per heavy atom. The van der Waals surface area contributed by atoms with E-state index in [0.717, 1.165) is 30.5 Å². The molecule has 3 nitrogen and oxygen atoms in total. The summed E-state index contributed by atoms with van der Waals surface area (Å²) in [6.07, 6.45) is 2.64. The zero-order chi connectivity index (χ0) is 14.3. The van der Waals surface area contributed by atoms with Gasteiger partial charge in [0.2, 0.25) is 0 Å². The molecule has 0 fully saturated rings. The maximum atomic E-state index is 13.7. The van der Waals surface area contributed by atoms with Crippen LogP contribution in [0.15, 0.2) is 18.2 Å². The highest BCUT2D eigenvalue weighted by molar-refractivity contribution is 6.30. The largest absolute Gasteiger partial charge is 0.383 e. The Labute approximate surface area is 120 Å². The Morgan fingerprint density at radius 2 is 2.15 bits per heavy atom. The summed E-state index contributed by atoms with van der Waals surface area (Å²) in [5.74, 6) is -0.298. The first-order valence-corrected chi connectivity index (χ1v) is 6.66. The minimum absolute atomic E-state index is 0.0610. The number of nitrogen functional groups attached to an aromatic ring is 1. The average molecular weight is 288 g/mol. The lowest BCUT2D eigenvalue weighted by Gasteiger charge is -2.13. The van der Waals surface area contributed by atoms with Gasteiger partial charge in [0.15, 0.2) is 0 Å². The highest BCUT2D eigenvalue weighted by atomic mass is 35.5. The monoisotopic (exact) mass is 287 g/mol. The second-order valence-corrected chi connectivity index (χ2v) is 5.17. The fraction of sp³-hybridized carbons (Fsp3) is 0.200. The van der Waals surface area contributed by atoms with Gasteiger partial charge in [-0.3, -0.25) is 0 Å². The summed E-state index contributed by atoms with van der Waals surface area (Å²) in [7, 11) is 0. The lowest BCUT2D eigenvalue weighted by Crippen LogP contribution is -2.03. The molecule has 1 aliphatic rings. The summed E-state index contributed by atoms with van der Waals surface area (Å²) in [4.78, 5) is 4.29. The van der Waals surface area contributed by atoms with Crippen LogP contribution in [0.5, 0.6) is 0 Å². The van der Waals surface area contributed by atoms with Crippen molar-refractivity contribution in [3.63, 3.8) is 0 Å². The average Bonchev–Trinajstić information content (AvgIpc) is 2.88. The number of rotatable bonds is 1. The van der Waals surface area contributed by atoms with Gasteiger partial charge >= 0.3 is 0 Å². The quantitative estimate of drug-likeness (QED) is 0.873. The van der Waals surface area contributed by atoms with Crippen molar-refractivity contribution < 1.29 is 4.39 Å². The standard InChI is InChI=1S/C15H11ClFN3/c16-11-5-4-8(6-12(11)17)14-9-2-1-3-13(9)20-15(19)10(14)7-18/h4-6H,1-3H2,(H2,19,20). The Kier molecular flexibility index (Phi) is 3.07. The predicted molar refractivity (Wildman–Crippen MR) is 75.8 cm³/mol. The SMILES string of the molecule is N#Cc1c(N)nc2c(c1-c1ccc(Cl)c(F)c1)CCC2. The van der Waals surface area contributed by atoms with Crippen LogP contribution < -0.4 is 5.73 Å². The lowest BCUT2D eigenvalue weighted by atomic mass is 9.94. The smallest absolute Gasteiger partial charge is 0.142 e. The third-order valence-corrected chi connectivity index (χ3v) is 3.88. The summed E-state index contributed by atoms with van der Waals surface area (Å²) < 4.78 is 13.7. The van der Waals surface area contributed by atoms with E-state index in [0.29, 0.717) is 16.7 Å². The lowest BCUT2D eigenvalue weighted by molar-refractivity contribution is 0.629. The van der Waals surface area contributed by atoms with Crippen molar-refractivity contribution in [2.24, 2.45) is 0 Å². The molecule has 0 radical (unpaired) electrons. The summed E-state index contributed by atoms with van der Waals surface area (Å²) >= 11 is 5.71. The van der Waals surface area contributed by atoms with E-state index in [9.17, 15) is 9.65 Å². The molecular formula is C15H11ClFN3. The normalized spacial score (nSPS) is 13.1. The highest BCUT2D eigenvalue weighted by Crippen LogP contribution is 2.37. The summed E-state index contributed by atoms with van der Waals surface area (Å²) in [5.41, 5.74) is 9.39. The molecule has 20 heavy (non-hydrogen) atoms. The molecule has 3 rings (SSSR count). The van der Waals surface area contributed by atoms with E-state index >= 15 is 0 Å². The molecule has 5 heteroatoms. The number of benzene rings is 1. The van der Waals surface area contributed by atoms with Crippen molar-refractivity contribution in [1.29, 1.82) is 5.26 Å². The van der Waals surface area contributed by atoms with Crippen LogP contribution in [0.4, 0.5) is 10.2 Å². The zero-order valence-corrected chi connectivity index (χ0v) is 11.3. The number of nitrogens with two attached hydrogens (primary N) is 1. The van der Waals surface area contributed by atoms with E-state index in [1.165, 1.54) is 12.1 Å². The van der Waals surface area contributed by atoms with Crippen molar-refractivity contribution in [3.05, 3.63) is 45.9 Å². The number of nitrogens with zero attached hydrogens (tertiary/aromatic N) is 2. The van der Waals surface area contributed by atoms with Crippen molar-refractivity contribution in [2.45, 2.75) is 19.3 Å². The van der Waals surface area contributed by atoms with Gasteiger partial charge in [0.1, 0.15) is 23.3 Å². The third kappa shape index (κ3) is 1.91. The number of halogens is 2. The summed E-state index contributed by atoms with van der Waals surface area (Å²) in [5, 5.41) is 9.39. The first-order valence-electron chi connectivity index (χ1n) is 6.28. The van der Waals surface area contributed by atoms with Crippen molar-refractivity contribution in [3.8, 4) is 17.2 Å². The molecular weight excluding hydrogens is 277 g/mol. The van der Waals surface area contributed by atoms with Gasteiger partial charge < -0.3 is 5.73 Å². The van der Waals surface area contributed by atoms with E-state index in [4.69, 9.17) is 17.3 Å². The first-order chi connectivity index (χ1) is 9.61. The van der Waals surface area contributed by atoms with E-state index in [2.05, 4.69) is 11.1 Å². The highest BCUT2D eigenvalue weighted by Gasteiger charge is 2.23. The molecule has 0 saturated heterocycles. The minimum Gasteiger partial charge on any atom is -0.383 e. The van der Waals surface area contributed by atoms with Crippen molar-refractivity contribution >= 4 is 17.4 Å². The number of pyridine rings is 1. The minimum atomic E-state index is -0.504. The first kappa shape index (κ1) is 12.9. The van der Waals surface area contributed by atoms with E-state index in [1.54, 1.807) is 6.07 Å². The molecule has 1 aliphatic carbocycles. The fourth-order valence-corrected chi connectivity index (χ4v) is 2.80. The molecule has 0 saturated carbocycles. The van der Waals surface area contributed by atoms with E-state index in [1.807, 2.05) is 0 Å². The van der Waals surface area contributed by atoms with Crippen LogP contribution in [0.1, 0.15) is 23.2 Å². The number of fused-ring (bicyclic) bond motifs is 1. The van der Waals surface area contributed by atoms with Crippen LogP contribution in [0.25, 0.3) is 11.1 Å². The molecule has 2 aromatic rings. The van der Waals surface area contributed by atoms with Gasteiger partial charge in [0, 0.05) is 11.3 Å². The van der Waals surface area contributed by atoms with Gasteiger partial charge in [-0.1, -0.05) is 17.7 Å². The van der Waals surface area contributed by atoms with Gasteiger partial charge in [0.25, 0.3) is 0 Å². The number of aryl methyl sites for hydroxylation is 1. The topological polar surface area (TPSA) is 62.7 Å². The molecule has 1 aromatic carbocycles.